The molecule has 3 unspecified atom stereocenters. The minimum atomic E-state index is -0.496. The molecule has 1 saturated heterocycles. The quantitative estimate of drug-likeness (QED) is 0.477. The third-order valence-corrected chi connectivity index (χ3v) is 3.31. The van der Waals surface area contributed by atoms with Crippen LogP contribution in [0.4, 0.5) is 0 Å². The molecule has 0 spiro atoms. The average molecular weight is 301 g/mol. The Kier molecular flexibility index (Phi) is 8.56. The molecule has 0 bridgehead atoms. The maximum Gasteiger partial charge on any atom is 0.240 e. The van der Waals surface area contributed by atoms with E-state index >= 15 is 0 Å². The molecule has 3 atom stereocenters. The second kappa shape index (κ2) is 9.30. The van der Waals surface area contributed by atoms with Crippen LogP contribution < -0.4 is 22.5 Å². The molecule has 0 aromatic heterocycles. The van der Waals surface area contributed by atoms with E-state index in [4.69, 9.17) is 17.2 Å². The van der Waals surface area contributed by atoms with Gasteiger partial charge in [0.15, 0.2) is 0 Å². The van der Waals surface area contributed by atoms with Crippen molar-refractivity contribution < 1.29 is 14.4 Å². The monoisotopic (exact) mass is 301 g/mol. The summed E-state index contributed by atoms with van der Waals surface area (Å²) in [5.74, 6) is -0.797. The number of amides is 3. The number of hydrogen-bond acceptors (Lipinski definition) is 5. The number of carbonyl (C=O) groups is 3. The first kappa shape index (κ1) is 19.3. The molecular formula is C13H27N5O3. The van der Waals surface area contributed by atoms with Crippen LogP contribution in [0.2, 0.25) is 0 Å². The third kappa shape index (κ3) is 6.54. The molecule has 122 valence electrons. The van der Waals surface area contributed by atoms with Crippen molar-refractivity contribution in [1.82, 2.24) is 10.2 Å². The van der Waals surface area contributed by atoms with Gasteiger partial charge in [0.25, 0.3) is 0 Å². The molecule has 0 radical (unpaired) electrons. The van der Waals surface area contributed by atoms with E-state index in [1.807, 2.05) is 6.92 Å². The fourth-order valence-electron chi connectivity index (χ4n) is 1.91. The molecule has 8 nitrogen and oxygen atoms in total. The minimum Gasteiger partial charge on any atom is -0.368 e. The Morgan fingerprint density at radius 1 is 1.33 bits per heavy atom. The first-order valence-electron chi connectivity index (χ1n) is 7.05. The highest BCUT2D eigenvalue weighted by atomic mass is 16.2. The van der Waals surface area contributed by atoms with Gasteiger partial charge in [-0.3, -0.25) is 14.4 Å². The average Bonchev–Trinajstić information content (AvgIpc) is 2.81. The van der Waals surface area contributed by atoms with Crippen molar-refractivity contribution in [2.24, 2.45) is 17.2 Å². The van der Waals surface area contributed by atoms with Crippen LogP contribution >= 0.6 is 0 Å². The molecule has 1 aliphatic rings. The van der Waals surface area contributed by atoms with Crippen LogP contribution in [0.1, 0.15) is 33.1 Å². The maximum absolute atomic E-state index is 11.6. The van der Waals surface area contributed by atoms with E-state index in [2.05, 4.69) is 5.32 Å². The van der Waals surface area contributed by atoms with Gasteiger partial charge in [-0.05, 0) is 26.8 Å². The topological polar surface area (TPSA) is 145 Å². The maximum atomic E-state index is 11.6. The molecule has 0 saturated carbocycles. The van der Waals surface area contributed by atoms with Crippen LogP contribution in [-0.2, 0) is 14.4 Å². The van der Waals surface area contributed by atoms with Gasteiger partial charge >= 0.3 is 0 Å². The van der Waals surface area contributed by atoms with Gasteiger partial charge in [-0.25, -0.2) is 0 Å². The van der Waals surface area contributed by atoms with Crippen LogP contribution in [0.25, 0.3) is 0 Å². The lowest BCUT2D eigenvalue weighted by molar-refractivity contribution is -0.137. The molecule has 1 rings (SSSR count). The van der Waals surface area contributed by atoms with Gasteiger partial charge in [0.2, 0.25) is 17.7 Å². The zero-order valence-corrected chi connectivity index (χ0v) is 13.0. The fourth-order valence-corrected chi connectivity index (χ4v) is 1.91. The van der Waals surface area contributed by atoms with Crippen molar-refractivity contribution in [3.8, 4) is 0 Å². The molecule has 21 heavy (non-hydrogen) atoms. The lowest BCUT2D eigenvalue weighted by Crippen LogP contribution is -2.43. The Morgan fingerprint density at radius 2 is 1.90 bits per heavy atom. The first-order chi connectivity index (χ1) is 9.74. The van der Waals surface area contributed by atoms with Crippen LogP contribution in [-0.4, -0.2) is 54.3 Å². The van der Waals surface area contributed by atoms with Crippen LogP contribution in [0, 0.1) is 0 Å². The lowest BCUT2D eigenvalue weighted by Gasteiger charge is -2.21. The van der Waals surface area contributed by atoms with Crippen molar-refractivity contribution in [3.63, 3.8) is 0 Å². The molecule has 8 heteroatoms. The molecule has 7 N–H and O–H groups in total. The second-order valence-corrected chi connectivity index (χ2v) is 5.12. The Morgan fingerprint density at radius 3 is 2.24 bits per heavy atom. The van der Waals surface area contributed by atoms with Crippen molar-refractivity contribution in [2.75, 3.05) is 13.6 Å². The molecular weight excluding hydrogens is 274 g/mol. The molecule has 1 heterocycles. The van der Waals surface area contributed by atoms with Crippen molar-refractivity contribution >= 4 is 17.7 Å². The summed E-state index contributed by atoms with van der Waals surface area (Å²) in [6.07, 6.45) is 1.72. The van der Waals surface area contributed by atoms with Gasteiger partial charge in [-0.1, -0.05) is 6.92 Å². The normalized spacial score (nSPS) is 22.2. The highest BCUT2D eigenvalue weighted by Crippen LogP contribution is 2.17. The van der Waals surface area contributed by atoms with E-state index in [1.165, 1.54) is 4.90 Å². The van der Waals surface area contributed by atoms with E-state index in [-0.39, 0.29) is 23.9 Å². The summed E-state index contributed by atoms with van der Waals surface area (Å²) in [6, 6.07) is -0.822. The van der Waals surface area contributed by atoms with E-state index in [9.17, 15) is 14.4 Å². The number of hydrogen-bond donors (Lipinski definition) is 4. The summed E-state index contributed by atoms with van der Waals surface area (Å²) < 4.78 is 0. The number of nitrogens with one attached hydrogen (secondary N) is 1. The Hall–Kier alpha value is -1.67. The first-order valence-corrected chi connectivity index (χ1v) is 7.05. The molecule has 0 aliphatic carbocycles. The summed E-state index contributed by atoms with van der Waals surface area (Å²) in [6.45, 7) is 4.09. The van der Waals surface area contributed by atoms with Crippen molar-refractivity contribution in [2.45, 2.75) is 51.2 Å². The van der Waals surface area contributed by atoms with E-state index in [0.29, 0.717) is 19.4 Å². The van der Waals surface area contributed by atoms with Crippen LogP contribution in [0.3, 0.4) is 0 Å². The third-order valence-electron chi connectivity index (χ3n) is 3.31. The van der Waals surface area contributed by atoms with Gasteiger partial charge < -0.3 is 27.4 Å². The number of primary amides is 2. The largest absolute Gasteiger partial charge is 0.368 e. The van der Waals surface area contributed by atoms with E-state index in [0.717, 1.165) is 6.42 Å². The molecule has 0 aromatic rings. The smallest absolute Gasteiger partial charge is 0.240 e. The van der Waals surface area contributed by atoms with Crippen LogP contribution in [0.15, 0.2) is 0 Å². The zero-order chi connectivity index (χ0) is 16.6. The number of nitrogens with two attached hydrogens (primary N) is 3. The van der Waals surface area contributed by atoms with E-state index < -0.39 is 11.9 Å². The van der Waals surface area contributed by atoms with Gasteiger partial charge in [0, 0.05) is 19.0 Å². The Labute approximate surface area is 125 Å². The zero-order valence-electron chi connectivity index (χ0n) is 13.0. The van der Waals surface area contributed by atoms with Gasteiger partial charge in [-0.15, -0.1) is 0 Å². The van der Waals surface area contributed by atoms with Gasteiger partial charge in [-0.2, -0.15) is 0 Å². The van der Waals surface area contributed by atoms with Crippen LogP contribution in [0.5, 0.6) is 0 Å². The predicted molar refractivity (Wildman–Crippen MR) is 79.9 cm³/mol. The molecule has 1 aliphatic heterocycles. The van der Waals surface area contributed by atoms with Gasteiger partial charge in [0.1, 0.15) is 6.04 Å². The highest BCUT2D eigenvalue weighted by Gasteiger charge is 2.36. The number of nitrogens with zero attached hydrogens (tertiary/aromatic N) is 1. The second-order valence-electron chi connectivity index (χ2n) is 5.12. The number of likely N-dealkylation sites (tertiary alicyclic amines) is 1. The SMILES string of the molecule is CCCC(=O)N1CC(N)CC1C(N)=O.CNC(C)C(N)=O. The molecule has 1 fully saturated rings. The van der Waals surface area contributed by atoms with Crippen molar-refractivity contribution in [1.29, 1.82) is 0 Å². The summed E-state index contributed by atoms with van der Waals surface area (Å²) in [5, 5.41) is 2.69. The summed E-state index contributed by atoms with van der Waals surface area (Å²) in [5.41, 5.74) is 15.7. The lowest BCUT2D eigenvalue weighted by atomic mass is 10.1. The highest BCUT2D eigenvalue weighted by molar-refractivity contribution is 5.87. The summed E-state index contributed by atoms with van der Waals surface area (Å²) in [7, 11) is 1.69. The number of carbonyl (C=O) groups excluding carboxylic acids is 3. The van der Waals surface area contributed by atoms with Gasteiger partial charge in [0.05, 0.1) is 6.04 Å². The minimum absolute atomic E-state index is 0.0238. The molecule has 0 aromatic carbocycles. The number of rotatable bonds is 5. The fraction of sp³-hybridized carbons (Fsp3) is 0.769. The predicted octanol–water partition coefficient (Wildman–Crippen LogP) is -1.72. The molecule has 3 amide bonds. The van der Waals surface area contributed by atoms with E-state index in [1.54, 1.807) is 14.0 Å². The number of likely N-dealkylation sites (N-methyl/N-ethyl adjacent to an activating group) is 1. The van der Waals surface area contributed by atoms with Crippen molar-refractivity contribution in [3.05, 3.63) is 0 Å². The Balaban J connectivity index is 0.000000486. The summed E-state index contributed by atoms with van der Waals surface area (Å²) >= 11 is 0. The Bertz CT molecular complexity index is 375. The summed E-state index contributed by atoms with van der Waals surface area (Å²) in [4.78, 5) is 34.2. The standard InChI is InChI=1S/C9H17N3O2.C4H10N2O/c1-2-3-8(13)12-5-6(10)4-7(12)9(11)14;1-3(6-2)4(5)7/h6-7H,2-5,10H2,1H3,(H2,11,14);3,6H,1-2H3,(H2,5,7).